The van der Waals surface area contributed by atoms with Gasteiger partial charge in [0.25, 0.3) is 5.91 Å². The molecule has 0 radical (unpaired) electrons. The third-order valence-corrected chi connectivity index (χ3v) is 6.66. The second-order valence-corrected chi connectivity index (χ2v) is 9.06. The molecule has 2 aliphatic heterocycles. The number of anilines is 1. The summed E-state index contributed by atoms with van der Waals surface area (Å²) in [4.78, 5) is 45.1. The molecule has 198 valence electrons. The minimum Gasteiger partial charge on any atom is -0.378 e. The van der Waals surface area contributed by atoms with Gasteiger partial charge in [-0.3, -0.25) is 24.6 Å². The SMILES string of the molecule is O=C(NO)c1ccc(CN(C(=O)N2CCN(CC(=O)N3CCOCC3)CC2)c2ccc(CF)cc2)cc1. The van der Waals surface area contributed by atoms with Crippen molar-refractivity contribution in [2.24, 2.45) is 0 Å². The molecule has 2 aromatic carbocycles. The van der Waals surface area contributed by atoms with E-state index in [0.717, 1.165) is 5.56 Å². The molecule has 0 bridgehead atoms. The number of benzene rings is 2. The Morgan fingerprint density at radius 3 is 2.08 bits per heavy atom. The minimum atomic E-state index is -0.619. The van der Waals surface area contributed by atoms with Crippen molar-refractivity contribution in [3.63, 3.8) is 0 Å². The molecular weight excluding hydrogens is 481 g/mol. The van der Waals surface area contributed by atoms with E-state index in [1.165, 1.54) is 0 Å². The maximum absolute atomic E-state index is 13.6. The summed E-state index contributed by atoms with van der Waals surface area (Å²) in [6.45, 7) is 4.44. The first-order chi connectivity index (χ1) is 18.0. The Hall–Kier alpha value is -3.54. The van der Waals surface area contributed by atoms with Gasteiger partial charge in [-0.25, -0.2) is 14.7 Å². The van der Waals surface area contributed by atoms with Gasteiger partial charge in [0, 0.05) is 50.5 Å². The fourth-order valence-electron chi connectivity index (χ4n) is 4.42. The summed E-state index contributed by atoms with van der Waals surface area (Å²) in [5, 5.41) is 8.83. The lowest BCUT2D eigenvalue weighted by atomic mass is 10.1. The summed E-state index contributed by atoms with van der Waals surface area (Å²) in [6.07, 6.45) is 0. The van der Waals surface area contributed by atoms with Crippen molar-refractivity contribution in [1.29, 1.82) is 0 Å². The topological polar surface area (TPSA) is 106 Å². The van der Waals surface area contributed by atoms with Crippen LogP contribution >= 0.6 is 0 Å². The Morgan fingerprint density at radius 1 is 0.865 bits per heavy atom. The van der Waals surface area contributed by atoms with Gasteiger partial charge in [-0.05, 0) is 35.4 Å². The highest BCUT2D eigenvalue weighted by atomic mass is 19.1. The van der Waals surface area contributed by atoms with Gasteiger partial charge in [0.15, 0.2) is 0 Å². The fourth-order valence-corrected chi connectivity index (χ4v) is 4.42. The number of carbonyl (C=O) groups excluding carboxylic acids is 3. The fraction of sp³-hybridized carbons (Fsp3) is 0.423. The minimum absolute atomic E-state index is 0.0796. The predicted molar refractivity (Wildman–Crippen MR) is 134 cm³/mol. The van der Waals surface area contributed by atoms with Crippen molar-refractivity contribution >= 4 is 23.5 Å². The van der Waals surface area contributed by atoms with Crippen molar-refractivity contribution in [2.75, 3.05) is 63.9 Å². The van der Waals surface area contributed by atoms with E-state index in [1.54, 1.807) is 63.8 Å². The Morgan fingerprint density at radius 2 is 1.49 bits per heavy atom. The molecule has 2 aliphatic rings. The highest BCUT2D eigenvalue weighted by molar-refractivity contribution is 5.94. The molecule has 2 saturated heterocycles. The molecule has 11 heteroatoms. The van der Waals surface area contributed by atoms with E-state index in [9.17, 15) is 18.8 Å². The number of alkyl halides is 1. The van der Waals surface area contributed by atoms with Gasteiger partial charge in [-0.1, -0.05) is 24.3 Å². The zero-order valence-electron chi connectivity index (χ0n) is 20.6. The first-order valence-corrected chi connectivity index (χ1v) is 12.3. The molecule has 0 atom stereocenters. The maximum Gasteiger partial charge on any atom is 0.324 e. The van der Waals surface area contributed by atoms with E-state index >= 15 is 0 Å². The number of carbonyl (C=O) groups is 3. The van der Waals surface area contributed by atoms with Crippen LogP contribution in [0.15, 0.2) is 48.5 Å². The molecule has 0 spiro atoms. The summed E-state index contributed by atoms with van der Waals surface area (Å²) in [5.41, 5.74) is 3.83. The van der Waals surface area contributed by atoms with Gasteiger partial charge in [0.1, 0.15) is 6.67 Å². The van der Waals surface area contributed by atoms with Crippen LogP contribution in [0.25, 0.3) is 0 Å². The number of halogens is 1. The van der Waals surface area contributed by atoms with Crippen LogP contribution in [0.3, 0.4) is 0 Å². The average molecular weight is 514 g/mol. The van der Waals surface area contributed by atoms with Gasteiger partial charge in [0.05, 0.1) is 26.3 Å². The number of morpholine rings is 1. The Kier molecular flexibility index (Phi) is 9.04. The molecule has 4 amide bonds. The van der Waals surface area contributed by atoms with Crippen molar-refractivity contribution < 1.29 is 28.7 Å². The normalized spacial score (nSPS) is 16.4. The monoisotopic (exact) mass is 513 g/mol. The number of amides is 4. The zero-order chi connectivity index (χ0) is 26.2. The van der Waals surface area contributed by atoms with Crippen LogP contribution in [0.5, 0.6) is 0 Å². The molecule has 2 fully saturated rings. The molecular formula is C26H32FN5O5. The number of urea groups is 1. The van der Waals surface area contributed by atoms with E-state index in [2.05, 4.69) is 4.90 Å². The van der Waals surface area contributed by atoms with Crippen molar-refractivity contribution in [1.82, 2.24) is 20.2 Å². The first kappa shape index (κ1) is 26.5. The summed E-state index contributed by atoms with van der Waals surface area (Å²) in [5.74, 6) is -0.540. The highest BCUT2D eigenvalue weighted by Crippen LogP contribution is 2.22. The largest absolute Gasteiger partial charge is 0.378 e. The number of hydrogen-bond donors (Lipinski definition) is 2. The molecule has 10 nitrogen and oxygen atoms in total. The van der Waals surface area contributed by atoms with E-state index < -0.39 is 12.6 Å². The summed E-state index contributed by atoms with van der Waals surface area (Å²) < 4.78 is 18.4. The van der Waals surface area contributed by atoms with Crippen molar-refractivity contribution in [3.05, 3.63) is 65.2 Å². The maximum atomic E-state index is 13.6. The van der Waals surface area contributed by atoms with Crippen LogP contribution in [0.2, 0.25) is 0 Å². The quantitative estimate of drug-likeness (QED) is 0.433. The Balaban J connectivity index is 1.42. The van der Waals surface area contributed by atoms with Crippen LogP contribution in [0, 0.1) is 0 Å². The van der Waals surface area contributed by atoms with Crippen LogP contribution in [0.1, 0.15) is 21.5 Å². The molecule has 2 aromatic rings. The van der Waals surface area contributed by atoms with Gasteiger partial charge < -0.3 is 14.5 Å². The third-order valence-electron chi connectivity index (χ3n) is 6.66. The van der Waals surface area contributed by atoms with Gasteiger partial charge in [0.2, 0.25) is 5.91 Å². The van der Waals surface area contributed by atoms with Gasteiger partial charge in [-0.15, -0.1) is 0 Å². The second kappa shape index (κ2) is 12.6. The smallest absolute Gasteiger partial charge is 0.324 e. The number of ether oxygens (including phenoxy) is 1. The summed E-state index contributed by atoms with van der Waals surface area (Å²) in [6, 6.07) is 13.1. The van der Waals surface area contributed by atoms with Crippen molar-refractivity contribution in [3.8, 4) is 0 Å². The summed E-state index contributed by atoms with van der Waals surface area (Å²) >= 11 is 0. The first-order valence-electron chi connectivity index (χ1n) is 12.3. The predicted octanol–water partition coefficient (Wildman–Crippen LogP) is 1.88. The molecule has 0 unspecified atom stereocenters. The lowest BCUT2D eigenvalue weighted by molar-refractivity contribution is -0.136. The van der Waals surface area contributed by atoms with Gasteiger partial charge >= 0.3 is 6.03 Å². The lowest BCUT2D eigenvalue weighted by Crippen LogP contribution is -2.55. The lowest BCUT2D eigenvalue weighted by Gasteiger charge is -2.38. The molecule has 4 rings (SSSR count). The van der Waals surface area contributed by atoms with Crippen LogP contribution < -0.4 is 10.4 Å². The zero-order valence-corrected chi connectivity index (χ0v) is 20.6. The number of hydrogen-bond acceptors (Lipinski definition) is 6. The number of piperazine rings is 1. The summed E-state index contributed by atoms with van der Waals surface area (Å²) in [7, 11) is 0. The Bertz CT molecular complexity index is 1070. The highest BCUT2D eigenvalue weighted by Gasteiger charge is 2.28. The molecule has 37 heavy (non-hydrogen) atoms. The number of nitrogens with zero attached hydrogens (tertiary/aromatic N) is 4. The molecule has 0 aliphatic carbocycles. The van der Waals surface area contributed by atoms with Crippen molar-refractivity contribution in [2.45, 2.75) is 13.2 Å². The average Bonchev–Trinajstić information content (AvgIpc) is 2.96. The van der Waals surface area contributed by atoms with E-state index in [-0.39, 0.29) is 18.5 Å². The van der Waals surface area contributed by atoms with Gasteiger partial charge in [-0.2, -0.15) is 0 Å². The van der Waals surface area contributed by atoms with E-state index in [1.807, 2.05) is 4.90 Å². The Labute approximate surface area is 215 Å². The third kappa shape index (κ3) is 6.82. The molecule has 2 heterocycles. The standard InChI is InChI=1S/C26H32FN5O5/c27-17-20-3-7-23(8-4-20)32(18-21-1-5-22(6-2-21)25(34)28-36)26(35)31-11-9-29(10-12-31)19-24(33)30-13-15-37-16-14-30/h1-8,36H,9-19H2,(H,28,34). The van der Waals surface area contributed by atoms with E-state index in [4.69, 9.17) is 9.94 Å². The molecule has 2 N–H and O–H groups in total. The molecule has 0 aromatic heterocycles. The number of nitrogens with one attached hydrogen (secondary N) is 1. The van der Waals surface area contributed by atoms with Crippen LogP contribution in [-0.2, 0) is 22.8 Å². The number of hydroxylamine groups is 1. The van der Waals surface area contributed by atoms with E-state index in [0.29, 0.717) is 75.8 Å². The van der Waals surface area contributed by atoms with Crippen LogP contribution in [-0.4, -0.2) is 96.8 Å². The number of rotatable bonds is 7. The van der Waals surface area contributed by atoms with Crippen LogP contribution in [0.4, 0.5) is 14.9 Å². The second-order valence-electron chi connectivity index (χ2n) is 9.06. The molecule has 0 saturated carbocycles.